The molecule has 1 aromatic heterocycles. The number of anilines is 1. The quantitative estimate of drug-likeness (QED) is 0.639. The molecule has 3 heterocycles. The van der Waals surface area contributed by atoms with Gasteiger partial charge >= 0.3 is 0 Å². The first kappa shape index (κ1) is 22.1. The predicted molar refractivity (Wildman–Crippen MR) is 128 cm³/mol. The van der Waals surface area contributed by atoms with Crippen LogP contribution in [0.25, 0.3) is 0 Å². The van der Waals surface area contributed by atoms with Crippen LogP contribution in [0.15, 0.2) is 30.3 Å². The van der Waals surface area contributed by atoms with Crippen LogP contribution in [0.4, 0.5) is 5.82 Å². The molecule has 0 spiro atoms. The monoisotopic (exact) mass is 446 g/mol. The Morgan fingerprint density at radius 1 is 1.09 bits per heavy atom. The minimum Gasteiger partial charge on any atom is -0.342 e. The molecule has 1 aromatic carbocycles. The van der Waals surface area contributed by atoms with Crippen LogP contribution < -0.4 is 4.90 Å². The average molecular weight is 447 g/mol. The summed E-state index contributed by atoms with van der Waals surface area (Å²) in [5.41, 5.74) is 3.16. The van der Waals surface area contributed by atoms with E-state index in [-0.39, 0.29) is 11.8 Å². The van der Waals surface area contributed by atoms with E-state index in [2.05, 4.69) is 24.3 Å². The van der Waals surface area contributed by atoms with Gasteiger partial charge < -0.3 is 4.90 Å². The largest absolute Gasteiger partial charge is 0.342 e. The van der Waals surface area contributed by atoms with Crippen LogP contribution in [0, 0.1) is 12.8 Å². The van der Waals surface area contributed by atoms with Crippen molar-refractivity contribution in [1.29, 1.82) is 0 Å². The van der Waals surface area contributed by atoms with Crippen LogP contribution in [0.3, 0.4) is 0 Å². The number of carbonyl (C=O) groups excluding carboxylic acids is 2. The van der Waals surface area contributed by atoms with Gasteiger partial charge in [0.1, 0.15) is 11.6 Å². The molecule has 0 unspecified atom stereocenters. The summed E-state index contributed by atoms with van der Waals surface area (Å²) in [6, 6.07) is 10.4. The maximum absolute atomic E-state index is 12.8. The highest BCUT2D eigenvalue weighted by Gasteiger charge is 2.35. The smallest absolute Gasteiger partial charge is 0.232 e. The molecule has 2 aliphatic heterocycles. The number of hydrogen-bond acceptors (Lipinski definition) is 4. The molecule has 3 aliphatic rings. The number of benzene rings is 1. The molecule has 6 heteroatoms. The molecule has 1 saturated carbocycles. The first-order chi connectivity index (χ1) is 16.1. The maximum Gasteiger partial charge on any atom is 0.232 e. The van der Waals surface area contributed by atoms with Crippen molar-refractivity contribution >= 4 is 17.6 Å². The second-order valence-corrected chi connectivity index (χ2v) is 9.96. The van der Waals surface area contributed by atoms with E-state index in [1.165, 1.54) is 31.2 Å². The van der Waals surface area contributed by atoms with E-state index in [0.29, 0.717) is 37.8 Å². The Morgan fingerprint density at radius 3 is 2.67 bits per heavy atom. The van der Waals surface area contributed by atoms with Crippen LogP contribution in [0.2, 0.25) is 0 Å². The van der Waals surface area contributed by atoms with Gasteiger partial charge in [0, 0.05) is 43.2 Å². The number of hydrogen-bond donors (Lipinski definition) is 0. The van der Waals surface area contributed by atoms with E-state index in [0.717, 1.165) is 48.7 Å². The van der Waals surface area contributed by atoms with E-state index in [9.17, 15) is 9.59 Å². The predicted octanol–water partition coefficient (Wildman–Crippen LogP) is 4.20. The van der Waals surface area contributed by atoms with Crippen molar-refractivity contribution < 1.29 is 9.59 Å². The van der Waals surface area contributed by atoms with Crippen molar-refractivity contribution in [2.75, 3.05) is 24.5 Å². The molecular formula is C27H34N4O2. The molecule has 33 heavy (non-hydrogen) atoms. The summed E-state index contributed by atoms with van der Waals surface area (Å²) in [6.07, 6.45) is 8.76. The number of fused-ring (bicyclic) bond motifs is 1. The van der Waals surface area contributed by atoms with Gasteiger partial charge in [-0.25, -0.2) is 9.97 Å². The van der Waals surface area contributed by atoms with E-state index in [1.807, 2.05) is 22.8 Å². The van der Waals surface area contributed by atoms with Crippen molar-refractivity contribution in [2.45, 2.75) is 70.6 Å². The van der Waals surface area contributed by atoms with Crippen molar-refractivity contribution in [3.8, 4) is 0 Å². The molecule has 1 saturated heterocycles. The highest BCUT2D eigenvalue weighted by atomic mass is 16.2. The highest BCUT2D eigenvalue weighted by molar-refractivity contribution is 6.00. The summed E-state index contributed by atoms with van der Waals surface area (Å²) < 4.78 is 0. The zero-order valence-corrected chi connectivity index (χ0v) is 19.6. The van der Waals surface area contributed by atoms with Crippen LogP contribution in [-0.4, -0.2) is 46.3 Å². The Hall–Kier alpha value is -2.76. The molecule has 1 aliphatic carbocycles. The van der Waals surface area contributed by atoms with Gasteiger partial charge in [-0.15, -0.1) is 0 Å². The first-order valence-electron chi connectivity index (χ1n) is 12.6. The fourth-order valence-corrected chi connectivity index (χ4v) is 5.68. The lowest BCUT2D eigenvalue weighted by Gasteiger charge is -2.20. The number of rotatable bonds is 7. The number of amides is 2. The lowest BCUT2D eigenvalue weighted by atomic mass is 10.0. The Bertz CT molecular complexity index is 1020. The van der Waals surface area contributed by atoms with Crippen molar-refractivity contribution in [3.05, 3.63) is 53.0 Å². The Morgan fingerprint density at radius 2 is 1.88 bits per heavy atom. The normalized spacial score (nSPS) is 20.6. The Kier molecular flexibility index (Phi) is 6.43. The minimum absolute atomic E-state index is 0.118. The third-order valence-electron chi connectivity index (χ3n) is 7.63. The zero-order chi connectivity index (χ0) is 22.8. The van der Waals surface area contributed by atoms with Gasteiger partial charge in [-0.2, -0.15) is 0 Å². The lowest BCUT2D eigenvalue weighted by Crippen LogP contribution is -2.30. The van der Waals surface area contributed by atoms with Gasteiger partial charge in [0.05, 0.1) is 6.42 Å². The van der Waals surface area contributed by atoms with Crippen molar-refractivity contribution in [3.63, 3.8) is 0 Å². The molecule has 0 radical (unpaired) electrons. The number of likely N-dealkylation sites (tertiary alicyclic amines) is 1. The van der Waals surface area contributed by atoms with Crippen LogP contribution in [-0.2, 0) is 22.4 Å². The number of aromatic nitrogens is 2. The fourth-order valence-electron chi connectivity index (χ4n) is 5.68. The number of nitrogens with zero attached hydrogens (tertiary/aromatic N) is 4. The van der Waals surface area contributed by atoms with Crippen LogP contribution >= 0.6 is 0 Å². The summed E-state index contributed by atoms with van der Waals surface area (Å²) in [5.74, 6) is 2.73. The van der Waals surface area contributed by atoms with E-state index in [1.54, 1.807) is 0 Å². The maximum atomic E-state index is 12.8. The summed E-state index contributed by atoms with van der Waals surface area (Å²) in [6.45, 7) is 4.15. The number of aryl methyl sites for hydroxylation is 2. The third-order valence-corrected chi connectivity index (χ3v) is 7.63. The van der Waals surface area contributed by atoms with Gasteiger partial charge in [-0.1, -0.05) is 43.2 Å². The van der Waals surface area contributed by atoms with Gasteiger partial charge in [0.15, 0.2) is 0 Å². The molecule has 2 amide bonds. The van der Waals surface area contributed by atoms with Crippen LogP contribution in [0.1, 0.15) is 73.5 Å². The molecular weight excluding hydrogens is 412 g/mol. The van der Waals surface area contributed by atoms with Gasteiger partial charge in [0.25, 0.3) is 0 Å². The summed E-state index contributed by atoms with van der Waals surface area (Å²) in [4.78, 5) is 39.1. The molecule has 0 N–H and O–H groups in total. The van der Waals surface area contributed by atoms with Crippen LogP contribution in [0.5, 0.6) is 0 Å². The average Bonchev–Trinajstić information content (AvgIpc) is 3.56. The first-order valence-corrected chi connectivity index (χ1v) is 12.6. The molecule has 174 valence electrons. The SMILES string of the molecule is Cc1nc([C@H]2CCN(C(=O)CC3CCCC3)C2)nc2c1CC(=O)N2CCCc1ccccc1. The van der Waals surface area contributed by atoms with Gasteiger partial charge in [-0.05, 0) is 50.5 Å². The topological polar surface area (TPSA) is 66.4 Å². The van der Waals surface area contributed by atoms with Crippen molar-refractivity contribution in [2.24, 2.45) is 5.92 Å². The van der Waals surface area contributed by atoms with Gasteiger partial charge in [-0.3, -0.25) is 14.5 Å². The molecule has 5 rings (SSSR count). The Labute approximate surface area is 196 Å². The number of carbonyl (C=O) groups is 2. The molecule has 2 fully saturated rings. The van der Waals surface area contributed by atoms with E-state index in [4.69, 9.17) is 9.97 Å². The second kappa shape index (κ2) is 9.62. The van der Waals surface area contributed by atoms with Crippen molar-refractivity contribution in [1.82, 2.24) is 14.9 Å². The molecule has 1 atom stereocenters. The summed E-state index contributed by atoms with van der Waals surface area (Å²) >= 11 is 0. The lowest BCUT2D eigenvalue weighted by molar-refractivity contribution is -0.131. The standard InChI is InChI=1S/C27H34N4O2/c1-19-23-17-25(33)31(14-7-12-20-8-3-2-4-9-20)27(23)29-26(28-19)22-13-15-30(18-22)24(32)16-21-10-5-6-11-21/h2-4,8-9,21-22H,5-7,10-18H2,1H3/t22-/m0/s1. The molecule has 0 bridgehead atoms. The fraction of sp³-hybridized carbons (Fsp3) is 0.556. The third kappa shape index (κ3) is 4.80. The molecule has 2 aromatic rings. The van der Waals surface area contributed by atoms with E-state index >= 15 is 0 Å². The highest BCUT2D eigenvalue weighted by Crippen LogP contribution is 2.34. The van der Waals surface area contributed by atoms with E-state index < -0.39 is 0 Å². The Balaban J connectivity index is 1.25. The molecule has 6 nitrogen and oxygen atoms in total. The second-order valence-electron chi connectivity index (χ2n) is 9.96. The summed E-state index contributed by atoms with van der Waals surface area (Å²) in [7, 11) is 0. The minimum atomic E-state index is 0.118. The summed E-state index contributed by atoms with van der Waals surface area (Å²) in [5, 5.41) is 0. The van der Waals surface area contributed by atoms with Gasteiger partial charge in [0.2, 0.25) is 11.8 Å². The zero-order valence-electron chi connectivity index (χ0n) is 19.6.